The number of nitrogens with zero attached hydrogens (tertiary/aromatic N) is 2. The number of hydrogen-bond acceptors (Lipinski definition) is 4. The second-order valence-corrected chi connectivity index (χ2v) is 8.85. The van der Waals surface area contributed by atoms with E-state index in [1.54, 1.807) is 12.1 Å². The molecule has 0 spiro atoms. The van der Waals surface area contributed by atoms with Crippen molar-refractivity contribution in [2.75, 3.05) is 37.7 Å². The predicted molar refractivity (Wildman–Crippen MR) is 104 cm³/mol. The van der Waals surface area contributed by atoms with Crippen LogP contribution in [0, 0.1) is 5.92 Å². The van der Waals surface area contributed by atoms with Crippen LogP contribution in [-0.4, -0.2) is 63.2 Å². The predicted octanol–water partition coefficient (Wildman–Crippen LogP) is 2.90. The van der Waals surface area contributed by atoms with Gasteiger partial charge in [-0.05, 0) is 49.8 Å². The number of benzene rings is 1. The highest BCUT2D eigenvalue weighted by Gasteiger charge is 2.51. The van der Waals surface area contributed by atoms with Gasteiger partial charge in [0.05, 0.1) is 0 Å². The van der Waals surface area contributed by atoms with Crippen molar-refractivity contribution in [2.45, 2.75) is 44.0 Å². The first-order valence-corrected chi connectivity index (χ1v) is 10.8. The summed E-state index contributed by atoms with van der Waals surface area (Å²) in [5.41, 5.74) is -2.39. The Morgan fingerprint density at radius 3 is 2.34 bits per heavy atom. The molecule has 10 heteroatoms. The molecule has 1 unspecified atom stereocenters. The van der Waals surface area contributed by atoms with E-state index in [9.17, 15) is 27.0 Å². The Morgan fingerprint density at radius 1 is 1.17 bits per heavy atom. The van der Waals surface area contributed by atoms with E-state index in [4.69, 9.17) is 4.74 Å². The molecule has 0 amide bonds. The minimum Gasteiger partial charge on any atom is -0.381 e. The van der Waals surface area contributed by atoms with Crippen LogP contribution < -0.4 is 4.90 Å². The van der Waals surface area contributed by atoms with Gasteiger partial charge in [0.25, 0.3) is 0 Å². The summed E-state index contributed by atoms with van der Waals surface area (Å²) in [6.07, 6.45) is -2.09. The van der Waals surface area contributed by atoms with Crippen LogP contribution in [0.25, 0.3) is 0 Å². The number of halogens is 3. The number of hydrogen-bond donors (Lipinski definition) is 2. The third kappa shape index (κ3) is 5.11. The summed E-state index contributed by atoms with van der Waals surface area (Å²) in [7, 11) is 0. The molecule has 3 rings (SSSR count). The van der Waals surface area contributed by atoms with E-state index in [1.165, 1.54) is 16.4 Å². The number of piperazine rings is 1. The maximum absolute atomic E-state index is 13.1. The Kier molecular flexibility index (Phi) is 6.89. The number of rotatable bonds is 5. The molecule has 164 valence electrons. The zero-order valence-corrected chi connectivity index (χ0v) is 17.1. The number of ether oxygens (including phenoxy) is 1. The zero-order chi connectivity index (χ0) is 21.2. The summed E-state index contributed by atoms with van der Waals surface area (Å²) in [5.74, 6) is 0.438. The van der Waals surface area contributed by atoms with E-state index in [0.717, 1.165) is 31.9 Å². The molecule has 0 aromatic heterocycles. The van der Waals surface area contributed by atoms with Gasteiger partial charge in [-0.2, -0.15) is 17.5 Å². The van der Waals surface area contributed by atoms with Gasteiger partial charge < -0.3 is 14.7 Å². The van der Waals surface area contributed by atoms with Gasteiger partial charge >= 0.3 is 6.18 Å². The summed E-state index contributed by atoms with van der Waals surface area (Å²) in [4.78, 5) is 2.09. The van der Waals surface area contributed by atoms with Crippen LogP contribution in [0.3, 0.4) is 0 Å². The van der Waals surface area contributed by atoms with Gasteiger partial charge in [0, 0.05) is 44.6 Å². The van der Waals surface area contributed by atoms with Crippen molar-refractivity contribution >= 4 is 17.0 Å². The van der Waals surface area contributed by atoms with Crippen molar-refractivity contribution in [2.24, 2.45) is 5.92 Å². The highest BCUT2D eigenvalue weighted by molar-refractivity contribution is 7.76. The zero-order valence-electron chi connectivity index (χ0n) is 16.3. The lowest BCUT2D eigenvalue weighted by Gasteiger charge is -2.43. The summed E-state index contributed by atoms with van der Waals surface area (Å²) < 4.78 is 67.2. The Bertz CT molecular complexity index is 708. The van der Waals surface area contributed by atoms with Gasteiger partial charge in [-0.1, -0.05) is 12.1 Å². The topological polar surface area (TPSA) is 73.2 Å². The first kappa shape index (κ1) is 22.5. The smallest absolute Gasteiger partial charge is 0.381 e. The minimum atomic E-state index is -4.77. The second-order valence-electron chi connectivity index (χ2n) is 7.87. The van der Waals surface area contributed by atoms with Crippen LogP contribution in [0.15, 0.2) is 24.3 Å². The molecular formula is C19H27F3N2O4S. The molecule has 0 saturated carbocycles. The summed E-state index contributed by atoms with van der Waals surface area (Å²) in [6.45, 7) is 3.43. The molecule has 2 saturated heterocycles. The fourth-order valence-corrected chi connectivity index (χ4v) is 4.56. The normalized spacial score (nSPS) is 25.6. The van der Waals surface area contributed by atoms with E-state index in [1.807, 2.05) is 0 Å². The molecule has 2 aliphatic heterocycles. The maximum Gasteiger partial charge on any atom is 0.421 e. The first-order valence-electron chi connectivity index (χ1n) is 9.69. The quantitative estimate of drug-likeness (QED) is 0.695. The molecule has 3 atom stereocenters. The molecule has 0 bridgehead atoms. The molecule has 2 aliphatic rings. The highest BCUT2D eigenvalue weighted by atomic mass is 32.2. The maximum atomic E-state index is 13.1. The molecule has 6 nitrogen and oxygen atoms in total. The van der Waals surface area contributed by atoms with Crippen LogP contribution >= 0.6 is 0 Å². The molecule has 1 aromatic rings. The van der Waals surface area contributed by atoms with Crippen LogP contribution in [0.5, 0.6) is 0 Å². The van der Waals surface area contributed by atoms with E-state index in [0.29, 0.717) is 38.8 Å². The lowest BCUT2D eigenvalue weighted by Crippen LogP contribution is -2.54. The summed E-state index contributed by atoms with van der Waals surface area (Å²) >= 11 is -2.05. The monoisotopic (exact) mass is 436 g/mol. The van der Waals surface area contributed by atoms with Gasteiger partial charge in [0.15, 0.2) is 5.60 Å². The Balaban J connectivity index is 1.79. The van der Waals surface area contributed by atoms with Crippen molar-refractivity contribution in [1.82, 2.24) is 4.31 Å². The largest absolute Gasteiger partial charge is 0.421 e. The van der Waals surface area contributed by atoms with Crippen LogP contribution in [0.2, 0.25) is 0 Å². The minimum absolute atomic E-state index is 0.0306. The lowest BCUT2D eigenvalue weighted by atomic mass is 9.90. The molecule has 2 fully saturated rings. The van der Waals surface area contributed by atoms with Gasteiger partial charge in [-0.3, -0.25) is 4.55 Å². The van der Waals surface area contributed by atoms with Crippen molar-refractivity contribution in [3.63, 3.8) is 0 Å². The number of aliphatic hydroxyl groups is 1. The fourth-order valence-electron chi connectivity index (χ4n) is 4.02. The standard InChI is InChI=1S/C19H27F3N2O4S/c1-18(25,19(20,21)22)15-2-4-16(5-3-15)24-9-8-23(29(26)27)13-17(24)12-14-6-10-28-11-7-14/h2-5,14,17,25H,6-13H2,1H3,(H,26,27)/t17-,18-/m0/s1. The van der Waals surface area contributed by atoms with E-state index in [2.05, 4.69) is 4.90 Å². The van der Waals surface area contributed by atoms with Crippen molar-refractivity contribution in [1.29, 1.82) is 0 Å². The van der Waals surface area contributed by atoms with Crippen LogP contribution in [-0.2, 0) is 21.6 Å². The third-order valence-electron chi connectivity index (χ3n) is 5.93. The molecule has 2 heterocycles. The van der Waals surface area contributed by atoms with Gasteiger partial charge in [0.1, 0.15) is 0 Å². The van der Waals surface area contributed by atoms with E-state index in [-0.39, 0.29) is 11.6 Å². The van der Waals surface area contributed by atoms with E-state index < -0.39 is 23.0 Å². The number of anilines is 1. The summed E-state index contributed by atoms with van der Waals surface area (Å²) in [5, 5.41) is 9.87. The SMILES string of the molecule is C[C@](O)(c1ccc(N2CCN(S(=O)O)C[C@@H]2CC2CCOCC2)cc1)C(F)(F)F. The lowest BCUT2D eigenvalue weighted by molar-refractivity contribution is -0.258. The van der Waals surface area contributed by atoms with E-state index >= 15 is 0 Å². The third-order valence-corrected chi connectivity index (χ3v) is 6.70. The molecule has 0 aliphatic carbocycles. The summed E-state index contributed by atoms with van der Waals surface area (Å²) in [6, 6.07) is 5.73. The van der Waals surface area contributed by atoms with Crippen molar-refractivity contribution in [3.05, 3.63) is 29.8 Å². The van der Waals surface area contributed by atoms with Crippen LogP contribution in [0.1, 0.15) is 31.7 Å². The van der Waals surface area contributed by atoms with Crippen molar-refractivity contribution in [3.8, 4) is 0 Å². The number of alkyl halides is 3. The molecule has 2 N–H and O–H groups in total. The van der Waals surface area contributed by atoms with Gasteiger partial charge in [0.2, 0.25) is 11.3 Å². The molecular weight excluding hydrogens is 409 g/mol. The Hall–Kier alpha value is -1.20. The average Bonchev–Trinajstić information content (AvgIpc) is 2.68. The van der Waals surface area contributed by atoms with Crippen LogP contribution in [0.4, 0.5) is 18.9 Å². The Labute approximate surface area is 171 Å². The average molecular weight is 436 g/mol. The second kappa shape index (κ2) is 8.89. The Morgan fingerprint density at radius 2 is 1.79 bits per heavy atom. The fraction of sp³-hybridized carbons (Fsp3) is 0.684. The molecule has 29 heavy (non-hydrogen) atoms. The highest BCUT2D eigenvalue weighted by Crippen LogP contribution is 2.39. The van der Waals surface area contributed by atoms with Gasteiger partial charge in [-0.15, -0.1) is 0 Å². The molecule has 1 aromatic carbocycles. The first-order chi connectivity index (χ1) is 13.6. The molecule has 0 radical (unpaired) electrons. The van der Waals surface area contributed by atoms with Crippen molar-refractivity contribution < 1.29 is 31.8 Å². The van der Waals surface area contributed by atoms with Gasteiger partial charge in [-0.25, -0.2) is 4.21 Å².